The quantitative estimate of drug-likeness (QED) is 0.344. The normalized spacial score (nSPS) is 24.0. The van der Waals surface area contributed by atoms with Crippen molar-refractivity contribution in [1.82, 2.24) is 0 Å². The summed E-state index contributed by atoms with van der Waals surface area (Å²) < 4.78 is 5.43. The fourth-order valence-corrected chi connectivity index (χ4v) is 1.34. The SMILES string of the molecule is C1C[NH2+]CCOCC[NH2+]CC[NH2+]1. The maximum Gasteiger partial charge on any atom is 0.125 e. The van der Waals surface area contributed by atoms with E-state index in [0.717, 1.165) is 26.3 Å². The van der Waals surface area contributed by atoms with Crippen molar-refractivity contribution in [3.63, 3.8) is 0 Å². The summed E-state index contributed by atoms with van der Waals surface area (Å²) in [5.41, 5.74) is 0. The molecule has 1 aliphatic heterocycles. The molecule has 0 atom stereocenters. The van der Waals surface area contributed by atoms with E-state index in [1.807, 2.05) is 0 Å². The molecule has 1 aliphatic rings. The average molecular weight is 176 g/mol. The van der Waals surface area contributed by atoms with Crippen molar-refractivity contribution in [3.05, 3.63) is 0 Å². The number of nitrogens with two attached hydrogens (primary N) is 3. The maximum atomic E-state index is 5.43. The maximum absolute atomic E-state index is 5.43. The Labute approximate surface area is 74.1 Å². The molecule has 0 amide bonds. The first kappa shape index (κ1) is 9.92. The van der Waals surface area contributed by atoms with Gasteiger partial charge in [0, 0.05) is 0 Å². The number of hydrogen-bond donors (Lipinski definition) is 3. The molecule has 0 aromatic carbocycles. The van der Waals surface area contributed by atoms with E-state index in [1.54, 1.807) is 0 Å². The van der Waals surface area contributed by atoms with E-state index < -0.39 is 0 Å². The highest BCUT2D eigenvalue weighted by Gasteiger charge is 1.98. The smallest absolute Gasteiger partial charge is 0.125 e. The Balaban J connectivity index is 2.00. The van der Waals surface area contributed by atoms with Crippen LogP contribution in [0.4, 0.5) is 0 Å². The monoisotopic (exact) mass is 176 g/mol. The lowest BCUT2D eigenvalue weighted by Crippen LogP contribution is -2.99. The molecule has 4 nitrogen and oxygen atoms in total. The lowest BCUT2D eigenvalue weighted by atomic mass is 10.5. The molecule has 0 aromatic heterocycles. The topological polar surface area (TPSA) is 59.1 Å². The van der Waals surface area contributed by atoms with Crippen molar-refractivity contribution in [1.29, 1.82) is 0 Å². The fraction of sp³-hybridized carbons (Fsp3) is 1.00. The van der Waals surface area contributed by atoms with E-state index in [4.69, 9.17) is 4.74 Å². The molecular weight excluding hydrogens is 154 g/mol. The molecule has 1 saturated heterocycles. The molecule has 12 heavy (non-hydrogen) atoms. The van der Waals surface area contributed by atoms with E-state index in [9.17, 15) is 0 Å². The van der Waals surface area contributed by atoms with Crippen LogP contribution in [0.25, 0.3) is 0 Å². The standard InChI is InChI=1S/C8H19N3O/c1-3-10-5-7-12-8-6-11-4-2-9-1/h9-11H,1-8H2/p+3. The molecular formula is C8H22N3O+3. The second-order valence-electron chi connectivity index (χ2n) is 3.21. The highest BCUT2D eigenvalue weighted by atomic mass is 16.5. The fourth-order valence-electron chi connectivity index (χ4n) is 1.34. The molecule has 72 valence electrons. The summed E-state index contributed by atoms with van der Waals surface area (Å²) in [6.45, 7) is 9.00. The third kappa shape index (κ3) is 5.49. The third-order valence-electron chi connectivity index (χ3n) is 2.08. The first-order valence-electron chi connectivity index (χ1n) is 5.03. The van der Waals surface area contributed by atoms with Gasteiger partial charge in [0.15, 0.2) is 0 Å². The molecule has 6 N–H and O–H groups in total. The van der Waals surface area contributed by atoms with E-state index in [0.29, 0.717) is 0 Å². The molecule has 0 bridgehead atoms. The summed E-state index contributed by atoms with van der Waals surface area (Å²) in [4.78, 5) is 0. The number of rotatable bonds is 0. The number of quaternary nitrogens is 3. The van der Waals surface area contributed by atoms with Crippen molar-refractivity contribution in [3.8, 4) is 0 Å². The Hall–Kier alpha value is -0.160. The van der Waals surface area contributed by atoms with Gasteiger partial charge in [0.05, 0.1) is 26.3 Å². The lowest BCUT2D eigenvalue weighted by Gasteiger charge is -2.06. The van der Waals surface area contributed by atoms with Crippen molar-refractivity contribution in [2.24, 2.45) is 0 Å². The van der Waals surface area contributed by atoms with Gasteiger partial charge in [-0.25, -0.2) is 0 Å². The van der Waals surface area contributed by atoms with Gasteiger partial charge >= 0.3 is 0 Å². The molecule has 1 fully saturated rings. The van der Waals surface area contributed by atoms with Crippen molar-refractivity contribution < 1.29 is 20.7 Å². The van der Waals surface area contributed by atoms with Gasteiger partial charge in [-0.05, 0) is 0 Å². The van der Waals surface area contributed by atoms with E-state index in [1.165, 1.54) is 26.2 Å². The summed E-state index contributed by atoms with van der Waals surface area (Å²) in [5, 5.41) is 7.07. The van der Waals surface area contributed by atoms with Crippen LogP contribution < -0.4 is 16.0 Å². The highest BCUT2D eigenvalue weighted by Crippen LogP contribution is 1.65. The van der Waals surface area contributed by atoms with Crippen LogP contribution in [0.1, 0.15) is 0 Å². The van der Waals surface area contributed by atoms with E-state index >= 15 is 0 Å². The molecule has 0 saturated carbocycles. The molecule has 0 radical (unpaired) electrons. The van der Waals surface area contributed by atoms with Gasteiger partial charge in [0.25, 0.3) is 0 Å². The molecule has 1 heterocycles. The summed E-state index contributed by atoms with van der Waals surface area (Å²) in [6, 6.07) is 0. The van der Waals surface area contributed by atoms with Crippen molar-refractivity contribution in [2.45, 2.75) is 0 Å². The van der Waals surface area contributed by atoms with Crippen LogP contribution in [0.2, 0.25) is 0 Å². The molecule has 0 spiro atoms. The Morgan fingerprint density at radius 2 is 1.00 bits per heavy atom. The van der Waals surface area contributed by atoms with E-state index in [2.05, 4.69) is 16.0 Å². The lowest BCUT2D eigenvalue weighted by molar-refractivity contribution is -0.752. The molecule has 0 aliphatic carbocycles. The minimum absolute atomic E-state index is 0.911. The zero-order valence-corrected chi connectivity index (χ0v) is 7.80. The van der Waals surface area contributed by atoms with Gasteiger partial charge in [-0.3, -0.25) is 0 Å². The Morgan fingerprint density at radius 1 is 0.583 bits per heavy atom. The summed E-state index contributed by atoms with van der Waals surface area (Å²) >= 11 is 0. The third-order valence-corrected chi connectivity index (χ3v) is 2.08. The number of hydrogen-bond acceptors (Lipinski definition) is 1. The van der Waals surface area contributed by atoms with Gasteiger partial charge in [-0.1, -0.05) is 0 Å². The van der Waals surface area contributed by atoms with Crippen molar-refractivity contribution >= 4 is 0 Å². The van der Waals surface area contributed by atoms with Crippen LogP contribution in [0.15, 0.2) is 0 Å². The molecule has 1 rings (SSSR count). The van der Waals surface area contributed by atoms with Crippen LogP contribution in [0, 0.1) is 0 Å². The predicted molar refractivity (Wildman–Crippen MR) is 45.8 cm³/mol. The van der Waals surface area contributed by atoms with Crippen LogP contribution >= 0.6 is 0 Å². The van der Waals surface area contributed by atoms with Crippen LogP contribution in [-0.2, 0) is 4.74 Å². The minimum Gasteiger partial charge on any atom is -0.370 e. The summed E-state index contributed by atoms with van der Waals surface area (Å²) in [6.07, 6.45) is 0. The number of ether oxygens (including phenoxy) is 1. The second kappa shape index (κ2) is 7.49. The van der Waals surface area contributed by atoms with Crippen LogP contribution in [-0.4, -0.2) is 52.5 Å². The van der Waals surface area contributed by atoms with Crippen LogP contribution in [0.5, 0.6) is 0 Å². The highest BCUT2D eigenvalue weighted by molar-refractivity contribution is 4.28. The summed E-state index contributed by atoms with van der Waals surface area (Å²) in [7, 11) is 0. The first-order chi connectivity index (χ1) is 6.00. The predicted octanol–water partition coefficient (Wildman–Crippen LogP) is -4.29. The molecule has 0 unspecified atom stereocenters. The minimum atomic E-state index is 0.911. The molecule has 4 heteroatoms. The van der Waals surface area contributed by atoms with E-state index in [-0.39, 0.29) is 0 Å². The summed E-state index contributed by atoms with van der Waals surface area (Å²) in [5.74, 6) is 0. The van der Waals surface area contributed by atoms with Gasteiger partial charge < -0.3 is 20.7 Å². The van der Waals surface area contributed by atoms with Gasteiger partial charge in [0.1, 0.15) is 26.2 Å². The van der Waals surface area contributed by atoms with Crippen molar-refractivity contribution in [2.75, 3.05) is 52.5 Å². The second-order valence-corrected chi connectivity index (χ2v) is 3.21. The zero-order chi connectivity index (χ0) is 8.49. The Morgan fingerprint density at radius 3 is 1.50 bits per heavy atom. The Bertz CT molecular complexity index is 57.3. The van der Waals surface area contributed by atoms with Gasteiger partial charge in [-0.2, -0.15) is 0 Å². The average Bonchev–Trinajstić information content (AvgIpc) is 2.05. The first-order valence-corrected chi connectivity index (χ1v) is 5.03. The largest absolute Gasteiger partial charge is 0.370 e. The van der Waals surface area contributed by atoms with Gasteiger partial charge in [0.2, 0.25) is 0 Å². The zero-order valence-electron chi connectivity index (χ0n) is 7.80. The molecule has 0 aromatic rings. The van der Waals surface area contributed by atoms with Crippen LogP contribution in [0.3, 0.4) is 0 Å². The van der Waals surface area contributed by atoms with Gasteiger partial charge in [-0.15, -0.1) is 0 Å². The Kier molecular flexibility index (Phi) is 6.19.